The van der Waals surface area contributed by atoms with E-state index in [1.807, 2.05) is 0 Å². The predicted molar refractivity (Wildman–Crippen MR) is 86.3 cm³/mol. The summed E-state index contributed by atoms with van der Waals surface area (Å²) >= 11 is 15.5. The molecule has 4 nitrogen and oxygen atoms in total. The molecule has 3 fully saturated rings. The molecule has 1 aromatic rings. The molecule has 22 heavy (non-hydrogen) atoms. The average molecular weight is 405 g/mol. The minimum Gasteiger partial charge on any atom is -0.461 e. The zero-order chi connectivity index (χ0) is 15.6. The van der Waals surface area contributed by atoms with Crippen molar-refractivity contribution in [1.29, 1.82) is 0 Å². The van der Waals surface area contributed by atoms with E-state index in [2.05, 4.69) is 21.2 Å². The molecule has 3 aliphatic rings. The van der Waals surface area contributed by atoms with Crippen molar-refractivity contribution in [2.45, 2.75) is 17.4 Å². The molecule has 1 aromatic carbocycles. The lowest BCUT2D eigenvalue weighted by Crippen LogP contribution is -2.40. The number of fused-ring (bicyclic) bond motifs is 1. The number of esters is 1. The standard InChI is InChI=1S/C15H12BrCl2NO3/c16-12-6-4-7-11(15(21)22-13(7)12)10(6)14(20)19-9-2-1-5(17)3-8(9)18/h1-3,6-7,10-13H,4H2,(H,19,20)/t6-,7-,10-,11+,12-,13+/m1/s1. The average Bonchev–Trinajstić information content (AvgIpc) is 3.06. The van der Waals surface area contributed by atoms with Gasteiger partial charge in [-0.1, -0.05) is 39.1 Å². The van der Waals surface area contributed by atoms with E-state index in [4.69, 9.17) is 27.9 Å². The smallest absolute Gasteiger partial charge is 0.310 e. The molecular weight excluding hydrogens is 393 g/mol. The van der Waals surface area contributed by atoms with E-state index in [0.717, 1.165) is 6.42 Å². The first-order chi connectivity index (χ1) is 10.5. The van der Waals surface area contributed by atoms with Crippen LogP contribution in [0.5, 0.6) is 0 Å². The Balaban J connectivity index is 1.59. The van der Waals surface area contributed by atoms with E-state index in [1.54, 1.807) is 18.2 Å². The van der Waals surface area contributed by atoms with Crippen molar-refractivity contribution in [3.63, 3.8) is 0 Å². The van der Waals surface area contributed by atoms with E-state index in [0.29, 0.717) is 15.7 Å². The van der Waals surface area contributed by atoms with Gasteiger partial charge in [0.05, 0.1) is 27.4 Å². The number of hydrogen-bond donors (Lipinski definition) is 1. The highest BCUT2D eigenvalue weighted by Gasteiger charge is 2.67. The summed E-state index contributed by atoms with van der Waals surface area (Å²) in [5.41, 5.74) is 0.507. The number of anilines is 1. The molecule has 0 spiro atoms. The van der Waals surface area contributed by atoms with Crippen molar-refractivity contribution < 1.29 is 14.3 Å². The Morgan fingerprint density at radius 2 is 2.09 bits per heavy atom. The molecule has 2 aliphatic carbocycles. The predicted octanol–water partition coefficient (Wildman–Crippen LogP) is 3.50. The molecule has 116 valence electrons. The van der Waals surface area contributed by atoms with Gasteiger partial charge in [0.15, 0.2) is 0 Å². The second-order valence-corrected chi connectivity index (χ2v) is 7.98. The van der Waals surface area contributed by atoms with Crippen LogP contribution in [0.15, 0.2) is 18.2 Å². The molecule has 1 aliphatic heterocycles. The van der Waals surface area contributed by atoms with Gasteiger partial charge >= 0.3 is 5.97 Å². The molecule has 1 heterocycles. The van der Waals surface area contributed by atoms with Crippen LogP contribution in [0.4, 0.5) is 5.69 Å². The fourth-order valence-electron chi connectivity index (χ4n) is 4.14. The van der Waals surface area contributed by atoms with Crippen LogP contribution in [0.1, 0.15) is 6.42 Å². The fraction of sp³-hybridized carbons (Fsp3) is 0.467. The lowest BCUT2D eigenvalue weighted by molar-refractivity contribution is -0.145. The Hall–Kier alpha value is -0.780. The van der Waals surface area contributed by atoms with Crippen LogP contribution in [0.25, 0.3) is 0 Å². The van der Waals surface area contributed by atoms with Crippen LogP contribution in [-0.2, 0) is 14.3 Å². The van der Waals surface area contributed by atoms with Gasteiger partial charge in [-0.05, 0) is 30.5 Å². The lowest BCUT2D eigenvalue weighted by atomic mass is 9.79. The third-order valence-electron chi connectivity index (χ3n) is 5.01. The molecule has 1 N–H and O–H groups in total. The van der Waals surface area contributed by atoms with Crippen molar-refractivity contribution in [2.75, 3.05) is 5.32 Å². The van der Waals surface area contributed by atoms with Crippen molar-refractivity contribution in [1.82, 2.24) is 0 Å². The molecule has 1 amide bonds. The van der Waals surface area contributed by atoms with Gasteiger partial charge in [-0.25, -0.2) is 0 Å². The van der Waals surface area contributed by atoms with E-state index in [-0.39, 0.29) is 46.5 Å². The number of halogens is 3. The maximum absolute atomic E-state index is 12.7. The van der Waals surface area contributed by atoms with Crippen molar-refractivity contribution in [3.05, 3.63) is 28.2 Å². The van der Waals surface area contributed by atoms with Crippen LogP contribution in [0.2, 0.25) is 10.0 Å². The van der Waals surface area contributed by atoms with Gasteiger partial charge < -0.3 is 10.1 Å². The number of carbonyl (C=O) groups excluding carboxylic acids is 2. The van der Waals surface area contributed by atoms with Gasteiger partial charge in [-0.15, -0.1) is 0 Å². The van der Waals surface area contributed by atoms with Gasteiger partial charge in [0.25, 0.3) is 0 Å². The van der Waals surface area contributed by atoms with Gasteiger partial charge in [-0.3, -0.25) is 9.59 Å². The number of benzene rings is 1. The van der Waals surface area contributed by atoms with Crippen molar-refractivity contribution >= 4 is 56.7 Å². The summed E-state index contributed by atoms with van der Waals surface area (Å²) in [6, 6.07) is 4.90. The number of alkyl halides is 1. The minimum atomic E-state index is -0.368. The Bertz CT molecular complexity index is 683. The molecule has 7 heteroatoms. The molecule has 6 atom stereocenters. The summed E-state index contributed by atoms with van der Waals surface area (Å²) in [6.45, 7) is 0. The SMILES string of the molecule is O=C(Nc1ccc(Cl)cc1Cl)[C@@H]1[C@H]2C[C@H]3[C@H](OC(=O)[C@@H]31)[C@@H]2Br. The van der Waals surface area contributed by atoms with Crippen LogP contribution in [-0.4, -0.2) is 22.8 Å². The van der Waals surface area contributed by atoms with Crippen molar-refractivity contribution in [3.8, 4) is 0 Å². The normalized spacial score (nSPS) is 38.2. The Morgan fingerprint density at radius 1 is 1.32 bits per heavy atom. The molecule has 2 bridgehead atoms. The van der Waals surface area contributed by atoms with E-state index in [1.165, 1.54) is 0 Å². The van der Waals surface area contributed by atoms with Gasteiger partial charge in [0.2, 0.25) is 5.91 Å². The third kappa shape index (κ3) is 2.02. The van der Waals surface area contributed by atoms with E-state index in [9.17, 15) is 9.59 Å². The number of nitrogens with one attached hydrogen (secondary N) is 1. The Morgan fingerprint density at radius 3 is 2.82 bits per heavy atom. The van der Waals surface area contributed by atoms with E-state index < -0.39 is 0 Å². The molecular formula is C15H12BrCl2NO3. The topological polar surface area (TPSA) is 55.4 Å². The van der Waals surface area contributed by atoms with E-state index >= 15 is 0 Å². The molecule has 2 saturated carbocycles. The third-order valence-corrected chi connectivity index (χ3v) is 6.76. The van der Waals surface area contributed by atoms with Gasteiger partial charge in [0, 0.05) is 10.9 Å². The lowest BCUT2D eigenvalue weighted by Gasteiger charge is -2.27. The second kappa shape index (κ2) is 5.11. The summed E-state index contributed by atoms with van der Waals surface area (Å²) in [4.78, 5) is 24.8. The summed E-state index contributed by atoms with van der Waals surface area (Å²) < 4.78 is 5.41. The van der Waals surface area contributed by atoms with Crippen molar-refractivity contribution in [2.24, 2.45) is 23.7 Å². The maximum Gasteiger partial charge on any atom is 0.310 e. The first-order valence-corrected chi connectivity index (χ1v) is 8.75. The fourth-order valence-corrected chi connectivity index (χ4v) is 5.64. The van der Waals surface area contributed by atoms with Crippen LogP contribution in [0.3, 0.4) is 0 Å². The molecule has 0 aromatic heterocycles. The minimum absolute atomic E-state index is 0.0524. The number of hydrogen-bond acceptors (Lipinski definition) is 3. The maximum atomic E-state index is 12.7. The summed E-state index contributed by atoms with van der Waals surface area (Å²) in [5.74, 6) is -0.844. The van der Waals surface area contributed by atoms with Crippen LogP contribution >= 0.6 is 39.1 Å². The first kappa shape index (κ1) is 14.8. The highest BCUT2D eigenvalue weighted by molar-refractivity contribution is 9.09. The monoisotopic (exact) mass is 403 g/mol. The Kier molecular flexibility index (Phi) is 3.44. The van der Waals surface area contributed by atoms with Gasteiger partial charge in [0.1, 0.15) is 6.10 Å². The molecule has 1 saturated heterocycles. The summed E-state index contributed by atoms with van der Waals surface area (Å²) in [7, 11) is 0. The molecule has 0 radical (unpaired) electrons. The molecule has 0 unspecified atom stereocenters. The van der Waals surface area contributed by atoms with Crippen LogP contribution in [0, 0.1) is 23.7 Å². The number of ether oxygens (including phenoxy) is 1. The number of rotatable bonds is 2. The summed E-state index contributed by atoms with van der Waals surface area (Å²) in [5, 5.41) is 3.72. The zero-order valence-corrected chi connectivity index (χ0v) is 14.4. The summed E-state index contributed by atoms with van der Waals surface area (Å²) in [6.07, 6.45) is 0.773. The van der Waals surface area contributed by atoms with Crippen LogP contribution < -0.4 is 5.32 Å². The first-order valence-electron chi connectivity index (χ1n) is 7.08. The number of amides is 1. The largest absolute Gasteiger partial charge is 0.461 e. The quantitative estimate of drug-likeness (QED) is 0.606. The molecule has 4 rings (SSSR count). The number of carbonyl (C=O) groups is 2. The highest BCUT2D eigenvalue weighted by Crippen LogP contribution is 2.60. The zero-order valence-electron chi connectivity index (χ0n) is 11.3. The Labute approximate surface area is 145 Å². The van der Waals surface area contributed by atoms with Gasteiger partial charge in [-0.2, -0.15) is 0 Å². The highest BCUT2D eigenvalue weighted by atomic mass is 79.9. The second-order valence-electron chi connectivity index (χ2n) is 6.07.